The number of hydrogen-bond donors (Lipinski definition) is 2. The minimum absolute atomic E-state index is 0.395. The number of nitrogens with one attached hydrogen (secondary N) is 1. The van der Waals surface area contributed by atoms with Gasteiger partial charge in [0.15, 0.2) is 0 Å². The van der Waals surface area contributed by atoms with Crippen LogP contribution in [0.3, 0.4) is 0 Å². The van der Waals surface area contributed by atoms with Gasteiger partial charge in [0.25, 0.3) is 0 Å². The second kappa shape index (κ2) is 5.35. The fourth-order valence-corrected chi connectivity index (χ4v) is 3.56. The molecule has 2 aromatic rings. The molecule has 0 saturated carbocycles. The summed E-state index contributed by atoms with van der Waals surface area (Å²) >= 11 is 7.11. The zero-order valence-corrected chi connectivity index (χ0v) is 12.1. The second-order valence-electron chi connectivity index (χ2n) is 4.65. The Morgan fingerprint density at radius 1 is 1.42 bits per heavy atom. The van der Waals surface area contributed by atoms with Gasteiger partial charge in [0.1, 0.15) is 10.8 Å². The number of hydrogen-bond acceptors (Lipinski definition) is 4. The zero-order valence-electron chi connectivity index (χ0n) is 10.4. The van der Waals surface area contributed by atoms with Gasteiger partial charge in [0.2, 0.25) is 0 Å². The number of benzene rings is 1. The summed E-state index contributed by atoms with van der Waals surface area (Å²) in [5, 5.41) is 4.55. The van der Waals surface area contributed by atoms with Crippen LogP contribution in [0.25, 0.3) is 10.9 Å². The second-order valence-corrected chi connectivity index (χ2v) is 6.24. The van der Waals surface area contributed by atoms with Crippen molar-refractivity contribution >= 4 is 45.7 Å². The molecule has 1 aliphatic heterocycles. The largest absolute Gasteiger partial charge is 0.389 e. The van der Waals surface area contributed by atoms with E-state index in [2.05, 4.69) is 10.3 Å². The SMILES string of the molecule is NC(=S)c1cc2ccccc2nc1NC1CCSC1. The van der Waals surface area contributed by atoms with E-state index < -0.39 is 0 Å². The minimum Gasteiger partial charge on any atom is -0.389 e. The maximum atomic E-state index is 5.83. The van der Waals surface area contributed by atoms with E-state index in [1.54, 1.807) is 0 Å². The number of rotatable bonds is 3. The molecular formula is C14H15N3S2. The maximum absolute atomic E-state index is 5.83. The van der Waals surface area contributed by atoms with E-state index in [0.717, 1.165) is 34.5 Å². The Kier molecular flexibility index (Phi) is 3.57. The number of nitrogens with zero attached hydrogens (tertiary/aromatic N) is 1. The molecule has 3 rings (SSSR count). The van der Waals surface area contributed by atoms with Crippen LogP contribution in [-0.4, -0.2) is 27.5 Å². The van der Waals surface area contributed by atoms with Crippen LogP contribution in [0.1, 0.15) is 12.0 Å². The van der Waals surface area contributed by atoms with Crippen molar-refractivity contribution < 1.29 is 0 Å². The van der Waals surface area contributed by atoms with Gasteiger partial charge < -0.3 is 11.1 Å². The molecule has 0 bridgehead atoms. The summed E-state index contributed by atoms with van der Waals surface area (Å²) < 4.78 is 0. The molecule has 0 radical (unpaired) electrons. The van der Waals surface area contributed by atoms with Gasteiger partial charge in [0.05, 0.1) is 11.1 Å². The van der Waals surface area contributed by atoms with Crippen molar-refractivity contribution in [1.29, 1.82) is 0 Å². The summed E-state index contributed by atoms with van der Waals surface area (Å²) in [6, 6.07) is 10.5. The van der Waals surface area contributed by atoms with Gasteiger partial charge in [0, 0.05) is 17.2 Å². The lowest BCUT2D eigenvalue weighted by Gasteiger charge is -2.16. The van der Waals surface area contributed by atoms with E-state index >= 15 is 0 Å². The first-order chi connectivity index (χ1) is 9.24. The molecule has 3 nitrogen and oxygen atoms in total. The number of thioether (sulfide) groups is 1. The Morgan fingerprint density at radius 3 is 3.00 bits per heavy atom. The number of aromatic nitrogens is 1. The molecule has 1 fully saturated rings. The topological polar surface area (TPSA) is 50.9 Å². The van der Waals surface area contributed by atoms with Crippen LogP contribution in [0.5, 0.6) is 0 Å². The first-order valence-electron chi connectivity index (χ1n) is 6.28. The van der Waals surface area contributed by atoms with Gasteiger partial charge in [-0.1, -0.05) is 30.4 Å². The van der Waals surface area contributed by atoms with Crippen molar-refractivity contribution in [3.63, 3.8) is 0 Å². The molecular weight excluding hydrogens is 274 g/mol. The van der Waals surface area contributed by atoms with Crippen LogP contribution in [-0.2, 0) is 0 Å². The van der Waals surface area contributed by atoms with Crippen molar-refractivity contribution in [1.82, 2.24) is 4.98 Å². The predicted molar refractivity (Wildman–Crippen MR) is 87.0 cm³/mol. The third kappa shape index (κ3) is 2.67. The van der Waals surface area contributed by atoms with Gasteiger partial charge in [-0.3, -0.25) is 0 Å². The number of thiocarbonyl (C=S) groups is 1. The quantitative estimate of drug-likeness (QED) is 0.851. The number of fused-ring (bicyclic) bond motifs is 1. The van der Waals surface area contributed by atoms with Gasteiger partial charge in [-0.15, -0.1) is 0 Å². The molecule has 19 heavy (non-hydrogen) atoms. The van der Waals surface area contributed by atoms with Crippen molar-refractivity contribution in [2.45, 2.75) is 12.5 Å². The highest BCUT2D eigenvalue weighted by atomic mass is 32.2. The highest BCUT2D eigenvalue weighted by Gasteiger charge is 2.18. The van der Waals surface area contributed by atoms with Crippen molar-refractivity contribution in [3.8, 4) is 0 Å². The lowest BCUT2D eigenvalue weighted by Crippen LogP contribution is -2.22. The Bertz CT molecular complexity index is 621. The van der Waals surface area contributed by atoms with Gasteiger partial charge >= 0.3 is 0 Å². The molecule has 1 aromatic heterocycles. The van der Waals surface area contributed by atoms with E-state index in [9.17, 15) is 0 Å². The van der Waals surface area contributed by atoms with Crippen LogP contribution in [0.15, 0.2) is 30.3 Å². The molecule has 5 heteroatoms. The normalized spacial score (nSPS) is 18.6. The molecule has 1 aliphatic rings. The minimum atomic E-state index is 0.395. The summed E-state index contributed by atoms with van der Waals surface area (Å²) in [6.45, 7) is 0. The summed E-state index contributed by atoms with van der Waals surface area (Å²) in [6.07, 6.45) is 1.16. The standard InChI is InChI=1S/C14H15N3S2/c15-13(18)11-7-9-3-1-2-4-12(9)17-14(11)16-10-5-6-19-8-10/h1-4,7,10H,5-6,8H2,(H2,15,18)(H,16,17). The number of pyridine rings is 1. The molecule has 1 saturated heterocycles. The van der Waals surface area contributed by atoms with E-state index in [1.807, 2.05) is 42.1 Å². The molecule has 0 amide bonds. The number of anilines is 1. The van der Waals surface area contributed by atoms with E-state index in [4.69, 9.17) is 18.0 Å². The molecule has 1 aromatic carbocycles. The Balaban J connectivity index is 2.04. The lowest BCUT2D eigenvalue weighted by atomic mass is 10.1. The Morgan fingerprint density at radius 2 is 2.26 bits per heavy atom. The van der Waals surface area contributed by atoms with Gasteiger partial charge in [-0.2, -0.15) is 11.8 Å². The first kappa shape index (κ1) is 12.7. The van der Waals surface area contributed by atoms with Crippen molar-refractivity contribution in [2.75, 3.05) is 16.8 Å². The predicted octanol–water partition coefficient (Wildman–Crippen LogP) is 2.79. The van der Waals surface area contributed by atoms with Crippen LogP contribution >= 0.6 is 24.0 Å². The summed E-state index contributed by atoms with van der Waals surface area (Å²) in [4.78, 5) is 5.07. The van der Waals surface area contributed by atoms with E-state index in [0.29, 0.717) is 11.0 Å². The van der Waals surface area contributed by atoms with Gasteiger partial charge in [-0.05, 0) is 24.3 Å². The highest BCUT2D eigenvalue weighted by molar-refractivity contribution is 7.99. The van der Waals surface area contributed by atoms with Crippen LogP contribution in [0, 0.1) is 0 Å². The molecule has 3 N–H and O–H groups in total. The van der Waals surface area contributed by atoms with E-state index in [-0.39, 0.29) is 0 Å². The molecule has 0 spiro atoms. The van der Waals surface area contributed by atoms with Gasteiger partial charge in [-0.25, -0.2) is 4.98 Å². The maximum Gasteiger partial charge on any atom is 0.137 e. The molecule has 1 atom stereocenters. The average Bonchev–Trinajstić information content (AvgIpc) is 2.90. The monoisotopic (exact) mass is 289 g/mol. The fraction of sp³-hybridized carbons (Fsp3) is 0.286. The van der Waals surface area contributed by atoms with Crippen molar-refractivity contribution in [2.24, 2.45) is 5.73 Å². The summed E-state index contributed by atoms with van der Waals surface area (Å²) in [5.41, 5.74) is 7.63. The average molecular weight is 289 g/mol. The highest BCUT2D eigenvalue weighted by Crippen LogP contribution is 2.25. The third-order valence-corrected chi connectivity index (χ3v) is 4.64. The van der Waals surface area contributed by atoms with Crippen molar-refractivity contribution in [3.05, 3.63) is 35.9 Å². The Labute approximate surface area is 122 Å². The van der Waals surface area contributed by atoms with Crippen LogP contribution < -0.4 is 11.1 Å². The molecule has 0 aliphatic carbocycles. The van der Waals surface area contributed by atoms with Crippen LogP contribution in [0.2, 0.25) is 0 Å². The summed E-state index contributed by atoms with van der Waals surface area (Å²) in [7, 11) is 0. The summed E-state index contributed by atoms with van der Waals surface area (Å²) in [5.74, 6) is 3.14. The zero-order chi connectivity index (χ0) is 13.2. The Hall–Kier alpha value is -1.33. The van der Waals surface area contributed by atoms with E-state index in [1.165, 1.54) is 5.75 Å². The third-order valence-electron chi connectivity index (χ3n) is 3.26. The number of nitrogens with two attached hydrogens (primary N) is 1. The fourth-order valence-electron chi connectivity index (χ4n) is 2.26. The smallest absolute Gasteiger partial charge is 0.137 e. The molecule has 98 valence electrons. The number of para-hydroxylation sites is 1. The first-order valence-corrected chi connectivity index (χ1v) is 7.84. The lowest BCUT2D eigenvalue weighted by molar-refractivity contribution is 0.807. The van der Waals surface area contributed by atoms with Crippen LogP contribution in [0.4, 0.5) is 5.82 Å². The molecule has 1 unspecified atom stereocenters. The molecule has 2 heterocycles.